The first-order chi connectivity index (χ1) is 12.9. The molecule has 1 fully saturated rings. The van der Waals surface area contributed by atoms with Crippen LogP contribution >= 0.6 is 11.8 Å². The predicted molar refractivity (Wildman–Crippen MR) is 112 cm³/mol. The summed E-state index contributed by atoms with van der Waals surface area (Å²) in [5.74, 6) is 0.420. The second kappa shape index (κ2) is 8.64. The predicted octanol–water partition coefficient (Wildman–Crippen LogP) is 5.80. The Morgan fingerprint density at radius 1 is 1.29 bits per heavy atom. The summed E-state index contributed by atoms with van der Waals surface area (Å²) in [6.45, 7) is 9.74. The topological polar surface area (TPSA) is 89.3 Å². The van der Waals surface area contributed by atoms with Crippen LogP contribution in [0.1, 0.15) is 66.7 Å². The lowest BCUT2D eigenvalue weighted by Gasteiger charge is -2.41. The minimum atomic E-state index is -0.555. The third kappa shape index (κ3) is 5.34. The van der Waals surface area contributed by atoms with Gasteiger partial charge in [-0.2, -0.15) is 0 Å². The van der Waals surface area contributed by atoms with Gasteiger partial charge in [0.25, 0.3) is 5.69 Å². The van der Waals surface area contributed by atoms with Crippen molar-refractivity contribution in [3.63, 3.8) is 0 Å². The number of anilines is 1. The maximum atomic E-state index is 13.1. The van der Waals surface area contributed by atoms with Gasteiger partial charge in [0.05, 0.1) is 10.6 Å². The zero-order chi connectivity index (χ0) is 21.1. The highest BCUT2D eigenvalue weighted by molar-refractivity contribution is 8.13. The summed E-state index contributed by atoms with van der Waals surface area (Å²) < 4.78 is 0. The molecule has 1 amide bonds. The molecule has 1 saturated carbocycles. The van der Waals surface area contributed by atoms with Crippen LogP contribution in [0.5, 0.6) is 0 Å². The van der Waals surface area contributed by atoms with Crippen LogP contribution in [0.4, 0.5) is 11.4 Å². The van der Waals surface area contributed by atoms with Crippen molar-refractivity contribution in [1.82, 2.24) is 0 Å². The Labute approximate surface area is 171 Å². The van der Waals surface area contributed by atoms with Gasteiger partial charge in [-0.3, -0.25) is 19.7 Å². The van der Waals surface area contributed by atoms with Crippen LogP contribution in [0.15, 0.2) is 23.1 Å². The Bertz CT molecular complexity index is 764. The lowest BCUT2D eigenvalue weighted by atomic mass is 9.64. The number of thioether (sulfide) groups is 1. The van der Waals surface area contributed by atoms with Crippen molar-refractivity contribution < 1.29 is 14.5 Å². The van der Waals surface area contributed by atoms with Gasteiger partial charge in [0, 0.05) is 27.9 Å². The van der Waals surface area contributed by atoms with Crippen molar-refractivity contribution in [2.24, 2.45) is 16.7 Å². The fraction of sp³-hybridized carbons (Fsp3) is 0.619. The number of carbonyl (C=O) groups excluding carboxylic acids is 2. The first kappa shape index (κ1) is 22.4. The Hall–Kier alpha value is -1.89. The number of nitrogens with zero attached hydrogens (tertiary/aromatic N) is 1. The zero-order valence-corrected chi connectivity index (χ0v) is 18.1. The first-order valence-corrected chi connectivity index (χ1v) is 10.6. The zero-order valence-electron chi connectivity index (χ0n) is 17.3. The highest BCUT2D eigenvalue weighted by Gasteiger charge is 2.43. The molecule has 28 heavy (non-hydrogen) atoms. The molecule has 0 aliphatic heterocycles. The van der Waals surface area contributed by atoms with Crippen molar-refractivity contribution in [2.75, 3.05) is 5.32 Å². The van der Waals surface area contributed by atoms with E-state index in [0.717, 1.165) is 43.9 Å². The van der Waals surface area contributed by atoms with Gasteiger partial charge < -0.3 is 5.32 Å². The normalized spacial score (nSPS) is 15.8. The number of carbonyl (C=O) groups is 2. The number of rotatable bonds is 7. The van der Waals surface area contributed by atoms with Gasteiger partial charge in [-0.25, -0.2) is 0 Å². The maximum absolute atomic E-state index is 13.1. The van der Waals surface area contributed by atoms with E-state index in [1.54, 1.807) is 6.07 Å². The van der Waals surface area contributed by atoms with Crippen LogP contribution in [0.3, 0.4) is 0 Å². The van der Waals surface area contributed by atoms with Crippen molar-refractivity contribution >= 4 is 34.2 Å². The van der Waals surface area contributed by atoms with Gasteiger partial charge in [0.15, 0.2) is 5.12 Å². The van der Waals surface area contributed by atoms with Crippen molar-refractivity contribution in [3.05, 3.63) is 28.3 Å². The molecular weight excluding hydrogens is 376 g/mol. The highest BCUT2D eigenvalue weighted by Crippen LogP contribution is 2.47. The highest BCUT2D eigenvalue weighted by atomic mass is 32.2. The van der Waals surface area contributed by atoms with Crippen molar-refractivity contribution in [3.8, 4) is 0 Å². The fourth-order valence-electron chi connectivity index (χ4n) is 3.09. The van der Waals surface area contributed by atoms with Crippen LogP contribution in [0.25, 0.3) is 0 Å². The molecule has 0 radical (unpaired) electrons. The average molecular weight is 407 g/mol. The summed E-state index contributed by atoms with van der Waals surface area (Å²) in [7, 11) is 0. The second-order valence-electron chi connectivity index (χ2n) is 9.10. The standard InChI is InChI=1S/C21H30N2O4S/c1-14(2)9-12-21(10-6-11-21)18(24)22-16-13-15(23(26)27)7-8-17(16)28-19(25)20(3,4)5/h7-8,13-14H,6,9-12H2,1-5H3,(H,22,24). The first-order valence-electron chi connectivity index (χ1n) is 9.77. The molecule has 154 valence electrons. The largest absolute Gasteiger partial charge is 0.324 e. The van der Waals surface area contributed by atoms with Crippen LogP contribution < -0.4 is 5.32 Å². The molecule has 1 aromatic rings. The van der Waals surface area contributed by atoms with E-state index in [-0.39, 0.29) is 16.7 Å². The van der Waals surface area contributed by atoms with E-state index in [4.69, 9.17) is 0 Å². The number of benzene rings is 1. The molecule has 0 spiro atoms. The van der Waals surface area contributed by atoms with Gasteiger partial charge in [-0.15, -0.1) is 0 Å². The lowest BCUT2D eigenvalue weighted by molar-refractivity contribution is -0.384. The molecular formula is C21H30N2O4S. The number of nitro benzene ring substituents is 1. The number of hydrogen-bond donors (Lipinski definition) is 1. The molecule has 0 atom stereocenters. The van der Waals surface area contributed by atoms with E-state index in [1.807, 2.05) is 20.8 Å². The third-order valence-electron chi connectivity index (χ3n) is 5.23. The molecule has 1 aromatic carbocycles. The number of nitrogens with one attached hydrogen (secondary N) is 1. The van der Waals surface area contributed by atoms with Crippen molar-refractivity contribution in [2.45, 2.75) is 71.6 Å². The van der Waals surface area contributed by atoms with Gasteiger partial charge >= 0.3 is 0 Å². The van der Waals surface area contributed by atoms with Gasteiger partial charge in [0.2, 0.25) is 5.91 Å². The monoisotopic (exact) mass is 406 g/mol. The Morgan fingerprint density at radius 2 is 1.93 bits per heavy atom. The molecule has 0 heterocycles. The molecule has 1 N–H and O–H groups in total. The molecule has 0 unspecified atom stereocenters. The van der Waals surface area contributed by atoms with Crippen LogP contribution in [0.2, 0.25) is 0 Å². The fourth-order valence-corrected chi connectivity index (χ4v) is 3.95. The van der Waals surface area contributed by atoms with Crippen LogP contribution in [-0.2, 0) is 9.59 Å². The molecule has 1 aliphatic carbocycles. The number of nitro groups is 1. The number of non-ortho nitro benzene ring substituents is 1. The smallest absolute Gasteiger partial charge is 0.271 e. The molecule has 0 saturated heterocycles. The SMILES string of the molecule is CC(C)CCC1(C(=O)Nc2cc([N+](=O)[O-])ccc2SC(=O)C(C)(C)C)CCC1. The lowest BCUT2D eigenvalue weighted by Crippen LogP contribution is -2.42. The van der Waals surface area contributed by atoms with E-state index < -0.39 is 15.8 Å². The average Bonchev–Trinajstić information content (AvgIpc) is 2.53. The van der Waals surface area contributed by atoms with E-state index in [9.17, 15) is 19.7 Å². The minimum absolute atomic E-state index is 0.0602. The van der Waals surface area contributed by atoms with Crippen molar-refractivity contribution in [1.29, 1.82) is 0 Å². The molecule has 0 aromatic heterocycles. The Kier molecular flexibility index (Phi) is 6.91. The van der Waals surface area contributed by atoms with Gasteiger partial charge in [-0.1, -0.05) is 41.0 Å². The quantitative estimate of drug-likeness (QED) is 0.351. The summed E-state index contributed by atoms with van der Waals surface area (Å²) in [6.07, 6.45) is 4.47. The Balaban J connectivity index is 2.28. The maximum Gasteiger partial charge on any atom is 0.271 e. The summed E-state index contributed by atoms with van der Waals surface area (Å²) in [5.41, 5.74) is -0.712. The summed E-state index contributed by atoms with van der Waals surface area (Å²) >= 11 is 1.02. The third-order valence-corrected chi connectivity index (χ3v) is 6.60. The Morgan fingerprint density at radius 3 is 2.39 bits per heavy atom. The summed E-state index contributed by atoms with van der Waals surface area (Å²) in [4.78, 5) is 36.8. The summed E-state index contributed by atoms with van der Waals surface area (Å²) in [6, 6.07) is 4.26. The van der Waals surface area contributed by atoms with E-state index >= 15 is 0 Å². The second-order valence-corrected chi connectivity index (χ2v) is 10.1. The molecule has 7 heteroatoms. The van der Waals surface area contributed by atoms with E-state index in [2.05, 4.69) is 19.2 Å². The summed E-state index contributed by atoms with van der Waals surface area (Å²) in [5, 5.41) is 14.0. The van der Waals surface area contributed by atoms with E-state index in [0.29, 0.717) is 16.5 Å². The van der Waals surface area contributed by atoms with Gasteiger partial charge in [0.1, 0.15) is 0 Å². The molecule has 2 rings (SSSR count). The van der Waals surface area contributed by atoms with Gasteiger partial charge in [-0.05, 0) is 49.4 Å². The van der Waals surface area contributed by atoms with Crippen LogP contribution in [0, 0.1) is 26.9 Å². The minimum Gasteiger partial charge on any atom is -0.324 e. The van der Waals surface area contributed by atoms with E-state index in [1.165, 1.54) is 12.1 Å². The molecule has 6 nitrogen and oxygen atoms in total. The number of amides is 1. The molecule has 0 bridgehead atoms. The van der Waals surface area contributed by atoms with Crippen LogP contribution in [-0.4, -0.2) is 15.9 Å². The number of hydrogen-bond acceptors (Lipinski definition) is 5. The molecule has 1 aliphatic rings.